The maximum atomic E-state index is 13.4. The number of hydrogen-bond donors (Lipinski definition) is 3. The molecule has 0 saturated carbocycles. The van der Waals surface area contributed by atoms with E-state index in [4.69, 9.17) is 32.4 Å². The summed E-state index contributed by atoms with van der Waals surface area (Å²) in [6.07, 6.45) is 0.848. The molecular weight excluding hydrogens is 472 g/mol. The van der Waals surface area contributed by atoms with E-state index in [2.05, 4.69) is 10.7 Å². The summed E-state index contributed by atoms with van der Waals surface area (Å²) in [5, 5.41) is 16.7. The number of carbonyl (C=O) groups is 1. The monoisotopic (exact) mass is 495 g/mol. The molecule has 1 aliphatic heterocycles. The molecule has 0 unspecified atom stereocenters. The lowest BCUT2D eigenvalue weighted by atomic mass is 10.1. The molecule has 10 heteroatoms. The van der Waals surface area contributed by atoms with Crippen LogP contribution in [0.2, 0.25) is 10.0 Å². The SMILES string of the molecule is O=C(NN1CCC(NC[C@@H](O)COc2ccc(Cl)c(F)c2)CC1)c1cc2cc(Cl)ccc2o1. The summed E-state index contributed by atoms with van der Waals surface area (Å²) < 4.78 is 24.5. The number of fused-ring (bicyclic) bond motifs is 1. The van der Waals surface area contributed by atoms with Crippen molar-refractivity contribution in [3.05, 3.63) is 64.1 Å². The fraction of sp³-hybridized carbons (Fsp3) is 0.348. The zero-order chi connectivity index (χ0) is 23.4. The summed E-state index contributed by atoms with van der Waals surface area (Å²) in [7, 11) is 0. The molecule has 0 bridgehead atoms. The number of benzene rings is 2. The second-order valence-corrected chi connectivity index (χ2v) is 8.79. The van der Waals surface area contributed by atoms with Gasteiger partial charge in [-0.05, 0) is 49.2 Å². The topological polar surface area (TPSA) is 87.0 Å². The zero-order valence-corrected chi connectivity index (χ0v) is 19.2. The number of aliphatic hydroxyl groups excluding tert-OH is 1. The minimum atomic E-state index is -0.747. The van der Waals surface area contributed by atoms with Gasteiger partial charge in [0, 0.05) is 42.2 Å². The molecule has 3 N–H and O–H groups in total. The van der Waals surface area contributed by atoms with Crippen LogP contribution in [-0.2, 0) is 0 Å². The minimum absolute atomic E-state index is 0.0228. The van der Waals surface area contributed by atoms with Gasteiger partial charge in [-0.2, -0.15) is 0 Å². The Morgan fingerprint density at radius 2 is 2.00 bits per heavy atom. The maximum absolute atomic E-state index is 13.4. The molecule has 2 aromatic carbocycles. The Morgan fingerprint density at radius 3 is 2.76 bits per heavy atom. The van der Waals surface area contributed by atoms with Gasteiger partial charge in [0.2, 0.25) is 0 Å². The molecule has 33 heavy (non-hydrogen) atoms. The molecule has 176 valence electrons. The Balaban J connectivity index is 1.17. The molecule has 1 aromatic heterocycles. The Morgan fingerprint density at radius 1 is 1.21 bits per heavy atom. The van der Waals surface area contributed by atoms with E-state index in [0.29, 0.717) is 36.0 Å². The van der Waals surface area contributed by atoms with Crippen LogP contribution in [0, 0.1) is 5.82 Å². The number of carbonyl (C=O) groups excluding carboxylic acids is 1. The van der Waals surface area contributed by atoms with E-state index in [0.717, 1.165) is 18.2 Å². The zero-order valence-electron chi connectivity index (χ0n) is 17.7. The number of aliphatic hydroxyl groups is 1. The van der Waals surface area contributed by atoms with Gasteiger partial charge in [0.25, 0.3) is 0 Å². The summed E-state index contributed by atoms with van der Waals surface area (Å²) in [6, 6.07) is 11.2. The molecule has 1 aliphatic rings. The fourth-order valence-corrected chi connectivity index (χ4v) is 3.94. The molecule has 2 heterocycles. The number of ether oxygens (including phenoxy) is 1. The minimum Gasteiger partial charge on any atom is -0.491 e. The average Bonchev–Trinajstić information content (AvgIpc) is 3.23. The Labute approximate surface area is 200 Å². The Bertz CT molecular complexity index is 1120. The van der Waals surface area contributed by atoms with Gasteiger partial charge in [0.1, 0.15) is 29.9 Å². The Kier molecular flexibility index (Phi) is 7.72. The van der Waals surface area contributed by atoms with Gasteiger partial charge >= 0.3 is 5.91 Å². The van der Waals surface area contributed by atoms with Crippen LogP contribution in [0.5, 0.6) is 5.75 Å². The standard InChI is InChI=1S/C23H24Cl2FN3O4/c24-15-1-4-21-14(9-15)10-22(33-21)23(31)28-29-7-5-16(6-8-29)27-12-17(30)13-32-18-2-3-19(25)20(26)11-18/h1-4,9-11,16-17,27,30H,5-8,12-13H2,(H,28,31)/t17-/m1/s1. The van der Waals surface area contributed by atoms with Crippen LogP contribution in [0.25, 0.3) is 11.0 Å². The van der Waals surface area contributed by atoms with Gasteiger partial charge < -0.3 is 19.6 Å². The first kappa shape index (κ1) is 23.8. The van der Waals surface area contributed by atoms with Crippen molar-refractivity contribution in [2.24, 2.45) is 0 Å². The second-order valence-electron chi connectivity index (χ2n) is 7.94. The lowest BCUT2D eigenvalue weighted by Gasteiger charge is -2.32. The van der Waals surface area contributed by atoms with Gasteiger partial charge in [0.15, 0.2) is 5.76 Å². The first-order valence-electron chi connectivity index (χ1n) is 10.6. The van der Waals surface area contributed by atoms with E-state index >= 15 is 0 Å². The molecule has 1 amide bonds. The van der Waals surface area contributed by atoms with E-state index < -0.39 is 11.9 Å². The first-order valence-corrected chi connectivity index (χ1v) is 11.4. The molecule has 7 nitrogen and oxygen atoms in total. The molecular formula is C23H24Cl2FN3O4. The van der Waals surface area contributed by atoms with E-state index in [1.807, 2.05) is 5.01 Å². The fourth-order valence-electron chi connectivity index (χ4n) is 3.64. The quantitative estimate of drug-likeness (QED) is 0.437. The van der Waals surface area contributed by atoms with E-state index in [9.17, 15) is 14.3 Å². The van der Waals surface area contributed by atoms with Crippen LogP contribution >= 0.6 is 23.2 Å². The summed E-state index contributed by atoms with van der Waals surface area (Å²) in [4.78, 5) is 12.5. The number of nitrogens with one attached hydrogen (secondary N) is 2. The molecule has 1 fully saturated rings. The third-order valence-electron chi connectivity index (χ3n) is 5.43. The van der Waals surface area contributed by atoms with Crippen molar-refractivity contribution in [3.8, 4) is 5.75 Å². The number of halogens is 3. The molecule has 4 rings (SSSR count). The van der Waals surface area contributed by atoms with E-state index in [-0.39, 0.29) is 29.3 Å². The van der Waals surface area contributed by atoms with Gasteiger partial charge in [-0.15, -0.1) is 0 Å². The maximum Gasteiger partial charge on any atom is 0.301 e. The predicted octanol–water partition coefficient (Wildman–Crippen LogP) is 4.02. The number of rotatable bonds is 8. The molecule has 0 radical (unpaired) electrons. The largest absolute Gasteiger partial charge is 0.491 e. The normalized spacial score (nSPS) is 16.1. The van der Waals surface area contributed by atoms with Crippen LogP contribution in [0.1, 0.15) is 23.4 Å². The van der Waals surface area contributed by atoms with Crippen LogP contribution in [0.4, 0.5) is 4.39 Å². The van der Waals surface area contributed by atoms with Crippen LogP contribution in [0.3, 0.4) is 0 Å². The van der Waals surface area contributed by atoms with Crippen LogP contribution < -0.4 is 15.5 Å². The van der Waals surface area contributed by atoms with Crippen molar-refractivity contribution < 1.29 is 23.4 Å². The number of furan rings is 1. The summed E-state index contributed by atoms with van der Waals surface area (Å²) >= 11 is 11.6. The summed E-state index contributed by atoms with van der Waals surface area (Å²) in [5.74, 6) is -0.325. The number of hydrogen-bond acceptors (Lipinski definition) is 6. The highest BCUT2D eigenvalue weighted by atomic mass is 35.5. The second kappa shape index (κ2) is 10.7. The molecule has 0 spiro atoms. The third kappa shape index (κ3) is 6.37. The first-order chi connectivity index (χ1) is 15.9. The van der Waals surface area contributed by atoms with Gasteiger partial charge in [-0.25, -0.2) is 9.40 Å². The average molecular weight is 496 g/mol. The number of hydrazine groups is 1. The number of piperidine rings is 1. The van der Waals surface area contributed by atoms with Gasteiger partial charge in [-0.3, -0.25) is 10.2 Å². The highest BCUT2D eigenvalue weighted by Gasteiger charge is 2.22. The van der Waals surface area contributed by atoms with Gasteiger partial charge in [-0.1, -0.05) is 23.2 Å². The van der Waals surface area contributed by atoms with E-state index in [1.54, 1.807) is 30.3 Å². The van der Waals surface area contributed by atoms with Crippen LogP contribution in [0.15, 0.2) is 46.9 Å². The number of amides is 1. The van der Waals surface area contributed by atoms with Crippen molar-refractivity contribution in [2.45, 2.75) is 25.0 Å². The van der Waals surface area contributed by atoms with Crippen molar-refractivity contribution in [3.63, 3.8) is 0 Å². The van der Waals surface area contributed by atoms with Crippen LogP contribution in [-0.4, -0.2) is 54.4 Å². The smallest absolute Gasteiger partial charge is 0.301 e. The van der Waals surface area contributed by atoms with E-state index in [1.165, 1.54) is 12.1 Å². The highest BCUT2D eigenvalue weighted by molar-refractivity contribution is 6.31. The summed E-state index contributed by atoms with van der Waals surface area (Å²) in [5.41, 5.74) is 3.48. The van der Waals surface area contributed by atoms with Crippen molar-refractivity contribution in [1.29, 1.82) is 0 Å². The summed E-state index contributed by atoms with van der Waals surface area (Å²) in [6.45, 7) is 1.69. The van der Waals surface area contributed by atoms with Crippen molar-refractivity contribution in [1.82, 2.24) is 15.8 Å². The molecule has 3 aromatic rings. The molecule has 1 saturated heterocycles. The lowest BCUT2D eigenvalue weighted by molar-refractivity contribution is 0.0674. The molecule has 1 atom stereocenters. The lowest BCUT2D eigenvalue weighted by Crippen LogP contribution is -2.51. The van der Waals surface area contributed by atoms with Crippen molar-refractivity contribution in [2.75, 3.05) is 26.2 Å². The third-order valence-corrected chi connectivity index (χ3v) is 5.97. The highest BCUT2D eigenvalue weighted by Crippen LogP contribution is 2.23. The van der Waals surface area contributed by atoms with Crippen molar-refractivity contribution >= 4 is 40.1 Å². The Hall–Kier alpha value is -2.36. The number of nitrogens with zero attached hydrogens (tertiary/aromatic N) is 1. The molecule has 0 aliphatic carbocycles. The predicted molar refractivity (Wildman–Crippen MR) is 124 cm³/mol. The van der Waals surface area contributed by atoms with Gasteiger partial charge in [0.05, 0.1) is 5.02 Å².